The molecule has 0 bridgehead atoms. The fourth-order valence-electron chi connectivity index (χ4n) is 7.84. The molecule has 1 unspecified atom stereocenters. The van der Waals surface area contributed by atoms with Crippen molar-refractivity contribution >= 4 is 17.9 Å². The lowest BCUT2D eigenvalue weighted by molar-refractivity contribution is -0.166. The maximum Gasteiger partial charge on any atom is 0.306 e. The van der Waals surface area contributed by atoms with Crippen LogP contribution in [0.5, 0.6) is 0 Å². The Bertz CT molecular complexity index is 1660. The minimum Gasteiger partial charge on any atom is -0.462 e. The molecule has 0 aliphatic heterocycles. The van der Waals surface area contributed by atoms with Gasteiger partial charge >= 0.3 is 17.9 Å². The second-order valence-electron chi connectivity index (χ2n) is 19.5. The highest BCUT2D eigenvalue weighted by Gasteiger charge is 2.19. The number of hydrogen-bond acceptors (Lipinski definition) is 6. The number of carbonyl (C=O) groups is 3. The van der Waals surface area contributed by atoms with Crippen LogP contribution in [0.15, 0.2) is 146 Å². The Morgan fingerprint density at radius 2 is 0.547 bits per heavy atom. The van der Waals surface area contributed by atoms with E-state index < -0.39 is 6.10 Å². The van der Waals surface area contributed by atoms with Crippen LogP contribution in [0.3, 0.4) is 0 Å². The lowest BCUT2D eigenvalue weighted by atomic mass is 10.1. The van der Waals surface area contributed by atoms with E-state index in [1.807, 2.05) is 12.2 Å². The largest absolute Gasteiger partial charge is 0.462 e. The summed E-state index contributed by atoms with van der Waals surface area (Å²) in [6.07, 6.45) is 88.6. The highest BCUT2D eigenvalue weighted by atomic mass is 16.6. The van der Waals surface area contributed by atoms with E-state index in [1.54, 1.807) is 0 Å². The molecule has 422 valence electrons. The molecule has 0 saturated carbocycles. The zero-order chi connectivity index (χ0) is 54.3. The third-order valence-corrected chi connectivity index (χ3v) is 12.3. The second kappa shape index (κ2) is 61.8. The summed E-state index contributed by atoms with van der Waals surface area (Å²) in [6.45, 7) is 6.31. The number of rotatable bonds is 53. The molecule has 0 aromatic rings. The summed E-state index contributed by atoms with van der Waals surface area (Å²) < 4.78 is 16.8. The van der Waals surface area contributed by atoms with E-state index in [4.69, 9.17) is 14.2 Å². The van der Waals surface area contributed by atoms with E-state index in [0.717, 1.165) is 122 Å². The van der Waals surface area contributed by atoms with Gasteiger partial charge in [-0.05, 0) is 128 Å². The minimum atomic E-state index is -0.827. The van der Waals surface area contributed by atoms with E-state index in [2.05, 4.69) is 154 Å². The third-order valence-electron chi connectivity index (χ3n) is 12.3. The van der Waals surface area contributed by atoms with Crippen molar-refractivity contribution in [2.24, 2.45) is 0 Å². The van der Waals surface area contributed by atoms with Crippen molar-refractivity contribution in [1.82, 2.24) is 0 Å². The molecule has 0 aliphatic carbocycles. The Morgan fingerprint density at radius 1 is 0.280 bits per heavy atom. The summed E-state index contributed by atoms with van der Waals surface area (Å²) in [5.41, 5.74) is 0. The van der Waals surface area contributed by atoms with Gasteiger partial charge in [0, 0.05) is 19.3 Å². The predicted molar refractivity (Wildman–Crippen MR) is 325 cm³/mol. The van der Waals surface area contributed by atoms with Crippen molar-refractivity contribution in [3.8, 4) is 0 Å². The molecule has 0 aliphatic rings. The van der Waals surface area contributed by atoms with E-state index in [-0.39, 0.29) is 37.5 Å². The van der Waals surface area contributed by atoms with E-state index >= 15 is 0 Å². The first kappa shape index (κ1) is 70.3. The summed E-state index contributed by atoms with van der Waals surface area (Å²) in [4.78, 5) is 38.2. The van der Waals surface area contributed by atoms with Gasteiger partial charge in [0.1, 0.15) is 13.2 Å². The van der Waals surface area contributed by atoms with Crippen LogP contribution in [0.1, 0.15) is 252 Å². The van der Waals surface area contributed by atoms with Crippen LogP contribution < -0.4 is 0 Å². The maximum absolute atomic E-state index is 12.9. The molecule has 1 atom stereocenters. The lowest BCUT2D eigenvalue weighted by Crippen LogP contribution is -2.30. The number of ether oxygens (including phenoxy) is 3. The van der Waals surface area contributed by atoms with Crippen LogP contribution >= 0.6 is 0 Å². The number of carbonyl (C=O) groups excluding carboxylic acids is 3. The van der Waals surface area contributed by atoms with E-state index in [9.17, 15) is 14.4 Å². The first-order chi connectivity index (χ1) is 37.0. The molecular weight excluding hydrogens is 925 g/mol. The molecular formula is C69H110O6. The Labute approximate surface area is 461 Å². The molecule has 75 heavy (non-hydrogen) atoms. The Balaban J connectivity index is 4.49. The fraction of sp³-hybridized carbons (Fsp3) is 0.609. The smallest absolute Gasteiger partial charge is 0.306 e. The maximum atomic E-state index is 12.9. The summed E-state index contributed by atoms with van der Waals surface area (Å²) in [5.74, 6) is -1.04. The normalized spacial score (nSPS) is 13.2. The van der Waals surface area contributed by atoms with Crippen molar-refractivity contribution < 1.29 is 28.6 Å². The minimum absolute atomic E-state index is 0.121. The van der Waals surface area contributed by atoms with Crippen LogP contribution in [0.2, 0.25) is 0 Å². The average molecular weight is 1040 g/mol. The van der Waals surface area contributed by atoms with Gasteiger partial charge in [-0.25, -0.2) is 0 Å². The van der Waals surface area contributed by atoms with Gasteiger partial charge in [-0.2, -0.15) is 0 Å². The molecule has 6 nitrogen and oxygen atoms in total. The monoisotopic (exact) mass is 1030 g/mol. The van der Waals surface area contributed by atoms with Gasteiger partial charge in [-0.1, -0.05) is 250 Å². The van der Waals surface area contributed by atoms with Crippen LogP contribution in [0, 0.1) is 0 Å². The van der Waals surface area contributed by atoms with Crippen molar-refractivity contribution in [3.05, 3.63) is 146 Å². The summed E-state index contributed by atoms with van der Waals surface area (Å²) in [7, 11) is 0. The molecule has 0 aromatic heterocycles. The average Bonchev–Trinajstić information content (AvgIpc) is 3.41. The fourth-order valence-corrected chi connectivity index (χ4v) is 7.84. The highest BCUT2D eigenvalue weighted by molar-refractivity contribution is 5.71. The van der Waals surface area contributed by atoms with Gasteiger partial charge in [0.05, 0.1) is 0 Å². The number of allylic oxidation sites excluding steroid dienone is 24. The van der Waals surface area contributed by atoms with Gasteiger partial charge in [0.25, 0.3) is 0 Å². The van der Waals surface area contributed by atoms with Crippen molar-refractivity contribution in [1.29, 1.82) is 0 Å². The first-order valence-electron chi connectivity index (χ1n) is 30.3. The third kappa shape index (κ3) is 60.0. The molecule has 0 radical (unpaired) electrons. The zero-order valence-electron chi connectivity index (χ0n) is 48.3. The van der Waals surface area contributed by atoms with E-state index in [1.165, 1.54) is 83.5 Å². The molecule has 0 rings (SSSR count). The first-order valence-corrected chi connectivity index (χ1v) is 30.3. The summed E-state index contributed by atoms with van der Waals surface area (Å²) in [6, 6.07) is 0. The molecule has 0 spiro atoms. The molecule has 0 fully saturated rings. The van der Waals surface area contributed by atoms with E-state index in [0.29, 0.717) is 19.3 Å². The SMILES string of the molecule is CC/C=C\C/C=C\C/C=C\C/C=C\C/C=C\C/C=C\CCCCCCC(=O)OCC(COC(=O)CC/C=C\C/C=C\C/C=C\C/C=C\CC)OC(=O)CCCCCCCCCCC/C=C\C/C=C\CCCCCCC. The van der Waals surface area contributed by atoms with Crippen LogP contribution in [0.25, 0.3) is 0 Å². The van der Waals surface area contributed by atoms with Crippen LogP contribution in [-0.4, -0.2) is 37.2 Å². The number of esters is 3. The van der Waals surface area contributed by atoms with Gasteiger partial charge in [-0.3, -0.25) is 14.4 Å². The van der Waals surface area contributed by atoms with Crippen LogP contribution in [-0.2, 0) is 28.6 Å². The van der Waals surface area contributed by atoms with Crippen molar-refractivity contribution in [2.45, 2.75) is 258 Å². The van der Waals surface area contributed by atoms with Crippen LogP contribution in [0.4, 0.5) is 0 Å². The Morgan fingerprint density at radius 3 is 0.893 bits per heavy atom. The Kier molecular flexibility index (Phi) is 58.0. The quantitative estimate of drug-likeness (QED) is 0.0261. The van der Waals surface area contributed by atoms with Crippen molar-refractivity contribution in [2.75, 3.05) is 13.2 Å². The zero-order valence-corrected chi connectivity index (χ0v) is 48.3. The number of unbranched alkanes of at least 4 members (excludes halogenated alkanes) is 18. The topological polar surface area (TPSA) is 78.9 Å². The molecule has 0 heterocycles. The standard InChI is InChI=1S/C69H110O6/c1-4-7-10-13-16-19-22-25-27-29-31-33-34-36-37-39-41-44-47-50-53-56-59-62-68(71)74-65-66(64-73-67(70)61-58-55-52-49-46-43-24-21-18-15-12-9-6-3)75-69(72)63-60-57-54-51-48-45-42-40-38-35-32-30-28-26-23-20-17-14-11-8-5-2/h7,9-10,12,16,18-19,21,23,25-27,30-33,36-37,41,43-44,46,52,55,66H,4-6,8,11,13-15,17,20,22,24,28-29,34-35,38-40,42,45,47-51,53-54,56-65H2,1-3H3/b10-7-,12-9-,19-16-,21-18-,26-23-,27-25-,32-30-,33-31-,37-36-,44-41-,46-43-,55-52-. The summed E-state index contributed by atoms with van der Waals surface area (Å²) in [5, 5.41) is 0. The Hall–Kier alpha value is -4.71. The van der Waals surface area contributed by atoms with Gasteiger partial charge in [-0.15, -0.1) is 0 Å². The molecule has 0 aromatic carbocycles. The number of hydrogen-bond donors (Lipinski definition) is 0. The van der Waals surface area contributed by atoms with Gasteiger partial charge < -0.3 is 14.2 Å². The predicted octanol–water partition coefficient (Wildman–Crippen LogP) is 20.8. The molecule has 0 N–H and O–H groups in total. The second-order valence-corrected chi connectivity index (χ2v) is 19.5. The highest BCUT2D eigenvalue weighted by Crippen LogP contribution is 2.14. The molecule has 0 amide bonds. The summed E-state index contributed by atoms with van der Waals surface area (Å²) >= 11 is 0. The lowest BCUT2D eigenvalue weighted by Gasteiger charge is -2.18. The van der Waals surface area contributed by atoms with Crippen molar-refractivity contribution in [3.63, 3.8) is 0 Å². The molecule has 6 heteroatoms. The van der Waals surface area contributed by atoms with Gasteiger partial charge in [0.15, 0.2) is 6.10 Å². The molecule has 0 saturated heterocycles. The van der Waals surface area contributed by atoms with Gasteiger partial charge in [0.2, 0.25) is 0 Å².